The van der Waals surface area contributed by atoms with Gasteiger partial charge < -0.3 is 9.32 Å². The lowest BCUT2D eigenvalue weighted by molar-refractivity contribution is -0.0399. The van der Waals surface area contributed by atoms with Crippen molar-refractivity contribution in [2.45, 2.75) is 37.5 Å². The number of hydrogen-bond acceptors (Lipinski definition) is 2. The molecule has 10 aromatic rings. The fourth-order valence-electron chi connectivity index (χ4n) is 13.6. The van der Waals surface area contributed by atoms with Crippen LogP contribution in [0.3, 0.4) is 0 Å². The van der Waals surface area contributed by atoms with Crippen LogP contribution in [0.15, 0.2) is 217 Å². The lowest BCUT2D eigenvalue weighted by atomic mass is 9.43. The van der Waals surface area contributed by atoms with Crippen LogP contribution >= 0.6 is 0 Å². The SMILES string of the molecule is c1ccc(-c2ccc(N(c3ccc(-c4ccc(-c5ccc(-c6ccc7c(c6)-c6ccccc6C76C7CC8CC(C7)CC6C8)cc5)cc4)cc3)c3cccc4c3oc3ccccc34)cc2)cc1. The third kappa shape index (κ3) is 5.80. The molecule has 9 aromatic carbocycles. The molecule has 1 spiro atoms. The maximum absolute atomic E-state index is 6.59. The molecule has 0 unspecified atom stereocenters. The summed E-state index contributed by atoms with van der Waals surface area (Å²) in [6.07, 6.45) is 7.17. The average molecular weight is 848 g/mol. The summed E-state index contributed by atoms with van der Waals surface area (Å²) in [4.78, 5) is 2.32. The number of nitrogens with zero attached hydrogens (tertiary/aromatic N) is 1. The predicted molar refractivity (Wildman–Crippen MR) is 273 cm³/mol. The lowest BCUT2D eigenvalue weighted by Crippen LogP contribution is -2.55. The molecule has 316 valence electrons. The van der Waals surface area contributed by atoms with Gasteiger partial charge in [0.1, 0.15) is 5.58 Å². The molecule has 5 aliphatic carbocycles. The Morgan fingerprint density at radius 3 is 1.45 bits per heavy atom. The molecule has 15 rings (SSSR count). The van der Waals surface area contributed by atoms with E-state index in [0.29, 0.717) is 0 Å². The zero-order chi connectivity index (χ0) is 43.3. The smallest absolute Gasteiger partial charge is 0.159 e. The first-order valence-electron chi connectivity index (χ1n) is 24.1. The molecule has 4 bridgehead atoms. The summed E-state index contributed by atoms with van der Waals surface area (Å²) < 4.78 is 6.59. The van der Waals surface area contributed by atoms with Crippen LogP contribution in [-0.4, -0.2) is 0 Å². The molecule has 0 N–H and O–H groups in total. The minimum Gasteiger partial charge on any atom is -0.454 e. The summed E-state index contributed by atoms with van der Waals surface area (Å²) in [6, 6.07) is 78.3. The molecule has 1 aromatic heterocycles. The standard InChI is InChI=1S/C64H49NO/c1-2-9-43(10-3-1)47-25-30-53(31-26-47)65(61-15-8-13-57-56-12-5-7-16-62(56)66-63(57)61)54-32-27-48(28-33-54)46-19-17-44(18-20-46)45-21-23-49(24-22-45)50-29-34-60-58(40-50)55-11-4-6-14-59(55)64(60)51-36-41-35-42(38-51)39-52(64)37-41/h1-34,40-42,51-52H,35-39H2. The van der Waals surface area contributed by atoms with Gasteiger partial charge in [0, 0.05) is 27.6 Å². The van der Waals surface area contributed by atoms with Crippen molar-refractivity contribution in [3.63, 3.8) is 0 Å². The van der Waals surface area contributed by atoms with Crippen LogP contribution in [0.4, 0.5) is 17.1 Å². The quantitative estimate of drug-likeness (QED) is 0.159. The van der Waals surface area contributed by atoms with Gasteiger partial charge in [-0.3, -0.25) is 0 Å². The highest BCUT2D eigenvalue weighted by Crippen LogP contribution is 2.69. The molecule has 0 aliphatic heterocycles. The second kappa shape index (κ2) is 14.8. The molecule has 0 radical (unpaired) electrons. The van der Waals surface area contributed by atoms with Crippen LogP contribution in [0.5, 0.6) is 0 Å². The molecule has 2 heteroatoms. The van der Waals surface area contributed by atoms with Gasteiger partial charge in [0.05, 0.1) is 5.69 Å². The first-order chi connectivity index (χ1) is 32.7. The first-order valence-corrected chi connectivity index (χ1v) is 24.1. The third-order valence-corrected chi connectivity index (χ3v) is 16.3. The molecule has 1 heterocycles. The zero-order valence-corrected chi connectivity index (χ0v) is 36.9. The van der Waals surface area contributed by atoms with E-state index >= 15 is 0 Å². The van der Waals surface area contributed by atoms with Gasteiger partial charge in [0.2, 0.25) is 0 Å². The van der Waals surface area contributed by atoms with E-state index in [1.165, 1.54) is 87.7 Å². The number of rotatable bonds is 7. The Kier molecular flexibility index (Phi) is 8.50. The summed E-state index contributed by atoms with van der Waals surface area (Å²) >= 11 is 0. The van der Waals surface area contributed by atoms with Crippen LogP contribution in [0.2, 0.25) is 0 Å². The molecule has 2 nitrogen and oxygen atoms in total. The van der Waals surface area contributed by atoms with Crippen molar-refractivity contribution in [1.29, 1.82) is 0 Å². The highest BCUT2D eigenvalue weighted by atomic mass is 16.3. The molecule has 0 amide bonds. The largest absolute Gasteiger partial charge is 0.454 e. The van der Waals surface area contributed by atoms with Gasteiger partial charge in [-0.2, -0.15) is 0 Å². The maximum atomic E-state index is 6.59. The summed E-state index contributed by atoms with van der Waals surface area (Å²) in [7, 11) is 0. The molecule has 0 atom stereocenters. The number of fused-ring (bicyclic) bond motifs is 6. The Morgan fingerprint density at radius 2 is 0.833 bits per heavy atom. The predicted octanol–water partition coefficient (Wildman–Crippen LogP) is 17.4. The first kappa shape index (κ1) is 37.9. The molecule has 4 fully saturated rings. The van der Waals surface area contributed by atoms with Gasteiger partial charge in [-0.15, -0.1) is 0 Å². The van der Waals surface area contributed by atoms with Crippen molar-refractivity contribution in [1.82, 2.24) is 0 Å². The van der Waals surface area contributed by atoms with Crippen LogP contribution in [0.25, 0.3) is 77.6 Å². The van der Waals surface area contributed by atoms with E-state index in [0.717, 1.165) is 62.7 Å². The van der Waals surface area contributed by atoms with Crippen molar-refractivity contribution in [3.8, 4) is 55.6 Å². The van der Waals surface area contributed by atoms with Crippen molar-refractivity contribution >= 4 is 39.0 Å². The molecule has 66 heavy (non-hydrogen) atoms. The molecule has 4 saturated carbocycles. The number of hydrogen-bond donors (Lipinski definition) is 0. The van der Waals surface area contributed by atoms with Crippen LogP contribution in [0, 0.1) is 23.7 Å². The molecular formula is C64H49NO. The highest BCUT2D eigenvalue weighted by molar-refractivity contribution is 6.10. The van der Waals surface area contributed by atoms with Gasteiger partial charge >= 0.3 is 0 Å². The molecule has 5 aliphatic rings. The van der Waals surface area contributed by atoms with Gasteiger partial charge in [-0.05, 0) is 165 Å². The summed E-state index contributed by atoms with van der Waals surface area (Å²) in [5, 5.41) is 2.23. The van der Waals surface area contributed by atoms with Gasteiger partial charge in [-0.25, -0.2) is 0 Å². The second-order valence-electron chi connectivity index (χ2n) is 19.7. The van der Waals surface area contributed by atoms with E-state index in [1.807, 2.05) is 6.07 Å². The Balaban J connectivity index is 0.747. The number of furan rings is 1. The monoisotopic (exact) mass is 847 g/mol. The number of anilines is 3. The van der Waals surface area contributed by atoms with Crippen LogP contribution in [-0.2, 0) is 5.41 Å². The van der Waals surface area contributed by atoms with Crippen molar-refractivity contribution < 1.29 is 4.42 Å². The minimum atomic E-state index is 0.220. The Bertz CT molecular complexity index is 3420. The summed E-state index contributed by atoms with van der Waals surface area (Å²) in [5.74, 6) is 3.50. The minimum absolute atomic E-state index is 0.220. The zero-order valence-electron chi connectivity index (χ0n) is 36.9. The molecule has 0 saturated heterocycles. The second-order valence-corrected chi connectivity index (χ2v) is 19.7. The van der Waals surface area contributed by atoms with E-state index in [-0.39, 0.29) is 5.41 Å². The Labute approximate surface area is 386 Å². The van der Waals surface area contributed by atoms with Crippen LogP contribution in [0.1, 0.15) is 43.2 Å². The van der Waals surface area contributed by atoms with Gasteiger partial charge in [0.15, 0.2) is 5.58 Å². The van der Waals surface area contributed by atoms with E-state index in [1.54, 1.807) is 11.1 Å². The van der Waals surface area contributed by atoms with Gasteiger partial charge in [0.25, 0.3) is 0 Å². The maximum Gasteiger partial charge on any atom is 0.159 e. The van der Waals surface area contributed by atoms with Crippen molar-refractivity contribution in [2.24, 2.45) is 23.7 Å². The van der Waals surface area contributed by atoms with E-state index in [9.17, 15) is 0 Å². The third-order valence-electron chi connectivity index (χ3n) is 16.3. The van der Waals surface area contributed by atoms with E-state index in [2.05, 4.69) is 211 Å². The molecular weight excluding hydrogens is 799 g/mol. The fraction of sp³-hybridized carbons (Fsp3) is 0.156. The highest BCUT2D eigenvalue weighted by Gasteiger charge is 2.61. The average Bonchev–Trinajstić information content (AvgIpc) is 3.91. The lowest BCUT2D eigenvalue weighted by Gasteiger charge is -2.61. The summed E-state index contributed by atoms with van der Waals surface area (Å²) in [6.45, 7) is 0. The van der Waals surface area contributed by atoms with Crippen LogP contribution < -0.4 is 4.90 Å². The van der Waals surface area contributed by atoms with Crippen molar-refractivity contribution in [3.05, 3.63) is 223 Å². The van der Waals surface area contributed by atoms with Gasteiger partial charge in [-0.1, -0.05) is 170 Å². The topological polar surface area (TPSA) is 16.4 Å². The fourth-order valence-corrected chi connectivity index (χ4v) is 13.6. The Morgan fingerprint density at radius 1 is 0.364 bits per heavy atom. The summed E-state index contributed by atoms with van der Waals surface area (Å²) in [5.41, 5.74) is 21.1. The number of benzene rings is 9. The normalized spacial score (nSPS) is 21.1. The Hall–Kier alpha value is -7.42. The number of para-hydroxylation sites is 2. The van der Waals surface area contributed by atoms with E-state index < -0.39 is 0 Å². The van der Waals surface area contributed by atoms with E-state index in [4.69, 9.17) is 4.42 Å². The van der Waals surface area contributed by atoms with Crippen molar-refractivity contribution in [2.75, 3.05) is 4.90 Å².